The lowest BCUT2D eigenvalue weighted by Crippen LogP contribution is -2.48. The van der Waals surface area contributed by atoms with Gasteiger partial charge in [-0.25, -0.2) is 4.98 Å². The molecular weight excluding hydrogens is 276 g/mol. The molecule has 20 heavy (non-hydrogen) atoms. The van der Waals surface area contributed by atoms with Gasteiger partial charge in [-0.1, -0.05) is 11.3 Å². The number of anilines is 1. The van der Waals surface area contributed by atoms with Gasteiger partial charge in [0, 0.05) is 25.2 Å². The van der Waals surface area contributed by atoms with Gasteiger partial charge in [0.1, 0.15) is 0 Å². The first-order valence-corrected chi connectivity index (χ1v) is 7.26. The predicted octanol–water partition coefficient (Wildman–Crippen LogP) is 0.678. The second-order valence-corrected chi connectivity index (χ2v) is 5.78. The number of amides is 1. The summed E-state index contributed by atoms with van der Waals surface area (Å²) in [7, 11) is 0. The van der Waals surface area contributed by atoms with Crippen LogP contribution in [0.25, 0.3) is 10.2 Å². The van der Waals surface area contributed by atoms with Crippen molar-refractivity contribution in [1.29, 1.82) is 0 Å². The highest BCUT2D eigenvalue weighted by molar-refractivity contribution is 7.22. The summed E-state index contributed by atoms with van der Waals surface area (Å²) in [6.07, 6.45) is -0.0775. The van der Waals surface area contributed by atoms with Crippen LogP contribution in [0.15, 0.2) is 18.2 Å². The Hall–Kier alpha value is -1.70. The number of carbonyl (C=O) groups excluding carboxylic acids is 1. The van der Waals surface area contributed by atoms with E-state index in [1.165, 1.54) is 11.3 Å². The molecule has 4 N–H and O–H groups in total. The largest absolute Gasteiger partial charge is 0.375 e. The van der Waals surface area contributed by atoms with Crippen LogP contribution in [0.5, 0.6) is 0 Å². The number of ether oxygens (including phenoxy) is 1. The molecule has 1 amide bonds. The third kappa shape index (κ3) is 2.47. The van der Waals surface area contributed by atoms with E-state index in [9.17, 15) is 4.79 Å². The van der Waals surface area contributed by atoms with Crippen molar-refractivity contribution >= 4 is 32.6 Å². The molecule has 106 valence electrons. The summed E-state index contributed by atoms with van der Waals surface area (Å²) in [6, 6.07) is 5.49. The second-order valence-electron chi connectivity index (χ2n) is 4.71. The Bertz CT molecular complexity index is 642. The van der Waals surface area contributed by atoms with Gasteiger partial charge in [-0.2, -0.15) is 0 Å². The van der Waals surface area contributed by atoms with Crippen molar-refractivity contribution in [3.63, 3.8) is 0 Å². The summed E-state index contributed by atoms with van der Waals surface area (Å²) in [4.78, 5) is 18.5. The quantitative estimate of drug-likeness (QED) is 0.848. The molecule has 0 radical (unpaired) electrons. The zero-order chi connectivity index (χ0) is 14.1. The van der Waals surface area contributed by atoms with Gasteiger partial charge >= 0.3 is 0 Å². The minimum Gasteiger partial charge on any atom is -0.375 e. The average Bonchev–Trinajstić information content (AvgIpc) is 2.85. The lowest BCUT2D eigenvalue weighted by atomic mass is 10.1. The SMILES string of the molecule is NCC1CN(C(=O)c2ccc3sc(N)nc3c2)CCO1. The second kappa shape index (κ2) is 5.35. The van der Waals surface area contributed by atoms with Gasteiger partial charge in [-0.15, -0.1) is 0 Å². The van der Waals surface area contributed by atoms with Gasteiger partial charge in [0.25, 0.3) is 5.91 Å². The Balaban J connectivity index is 1.84. The van der Waals surface area contributed by atoms with Crippen LogP contribution < -0.4 is 11.5 Å². The van der Waals surface area contributed by atoms with E-state index in [2.05, 4.69) is 4.98 Å². The maximum absolute atomic E-state index is 12.5. The summed E-state index contributed by atoms with van der Waals surface area (Å²) in [6.45, 7) is 2.07. The first-order chi connectivity index (χ1) is 9.67. The number of hydrogen-bond donors (Lipinski definition) is 2. The fourth-order valence-electron chi connectivity index (χ4n) is 2.31. The van der Waals surface area contributed by atoms with Gasteiger partial charge in [0.05, 0.1) is 22.9 Å². The van der Waals surface area contributed by atoms with E-state index in [1.54, 1.807) is 11.0 Å². The standard InChI is InChI=1S/C13H16N4O2S/c14-6-9-7-17(3-4-19-9)12(18)8-1-2-11-10(5-8)16-13(15)20-11/h1-2,5,9H,3-4,6-7,14H2,(H2,15,16). The van der Waals surface area contributed by atoms with E-state index >= 15 is 0 Å². The maximum Gasteiger partial charge on any atom is 0.254 e. The summed E-state index contributed by atoms with van der Waals surface area (Å²) >= 11 is 1.42. The Morgan fingerprint density at radius 1 is 1.55 bits per heavy atom. The molecule has 1 atom stereocenters. The Morgan fingerprint density at radius 3 is 3.20 bits per heavy atom. The molecule has 0 spiro atoms. The van der Waals surface area contributed by atoms with Gasteiger partial charge in [-0.05, 0) is 18.2 Å². The predicted molar refractivity (Wildman–Crippen MR) is 78.7 cm³/mol. The molecule has 1 aromatic heterocycles. The average molecular weight is 292 g/mol. The molecule has 1 fully saturated rings. The number of carbonyl (C=O) groups is 1. The lowest BCUT2D eigenvalue weighted by molar-refractivity contribution is -0.0167. The van der Waals surface area contributed by atoms with E-state index in [4.69, 9.17) is 16.2 Å². The van der Waals surface area contributed by atoms with Crippen LogP contribution in [0, 0.1) is 0 Å². The molecule has 2 heterocycles. The molecule has 2 aromatic rings. The molecule has 0 aliphatic carbocycles. The van der Waals surface area contributed by atoms with Crippen LogP contribution in [-0.2, 0) is 4.74 Å². The van der Waals surface area contributed by atoms with Crippen molar-refractivity contribution in [2.24, 2.45) is 5.73 Å². The van der Waals surface area contributed by atoms with Crippen molar-refractivity contribution in [2.75, 3.05) is 32.0 Å². The van der Waals surface area contributed by atoms with Crippen molar-refractivity contribution in [1.82, 2.24) is 9.88 Å². The van der Waals surface area contributed by atoms with Crippen molar-refractivity contribution in [3.05, 3.63) is 23.8 Å². The highest BCUT2D eigenvalue weighted by atomic mass is 32.1. The number of nitrogens with zero attached hydrogens (tertiary/aromatic N) is 2. The zero-order valence-corrected chi connectivity index (χ0v) is 11.7. The van der Waals surface area contributed by atoms with Gasteiger partial charge in [0.2, 0.25) is 0 Å². The minimum absolute atomic E-state index is 0.0137. The third-order valence-corrected chi connectivity index (χ3v) is 4.21. The summed E-state index contributed by atoms with van der Waals surface area (Å²) in [5.74, 6) is -0.0137. The summed E-state index contributed by atoms with van der Waals surface area (Å²) in [5, 5.41) is 0.513. The Morgan fingerprint density at radius 2 is 2.40 bits per heavy atom. The zero-order valence-electron chi connectivity index (χ0n) is 10.9. The van der Waals surface area contributed by atoms with Crippen molar-refractivity contribution < 1.29 is 9.53 Å². The summed E-state index contributed by atoms with van der Waals surface area (Å²) in [5.41, 5.74) is 12.7. The lowest BCUT2D eigenvalue weighted by Gasteiger charge is -2.32. The number of morpholine rings is 1. The third-order valence-electron chi connectivity index (χ3n) is 3.34. The van der Waals surface area contributed by atoms with E-state index in [0.717, 1.165) is 10.2 Å². The maximum atomic E-state index is 12.5. The molecule has 3 rings (SSSR count). The number of hydrogen-bond acceptors (Lipinski definition) is 6. The highest BCUT2D eigenvalue weighted by Crippen LogP contribution is 2.25. The topological polar surface area (TPSA) is 94.5 Å². The number of fused-ring (bicyclic) bond motifs is 1. The first-order valence-electron chi connectivity index (χ1n) is 6.44. The molecule has 1 aliphatic heterocycles. The van der Waals surface area contributed by atoms with Gasteiger partial charge in [-0.3, -0.25) is 4.79 Å². The van der Waals surface area contributed by atoms with E-state index in [1.807, 2.05) is 12.1 Å². The monoisotopic (exact) mass is 292 g/mol. The molecule has 1 saturated heterocycles. The number of aromatic nitrogens is 1. The van der Waals surface area contributed by atoms with Crippen molar-refractivity contribution in [2.45, 2.75) is 6.10 Å². The van der Waals surface area contributed by atoms with Crippen LogP contribution in [0.1, 0.15) is 10.4 Å². The molecule has 6 nitrogen and oxygen atoms in total. The van der Waals surface area contributed by atoms with Crippen LogP contribution in [0.3, 0.4) is 0 Å². The molecule has 7 heteroatoms. The molecule has 1 unspecified atom stereocenters. The normalized spacial score (nSPS) is 19.4. The Kier molecular flexibility index (Phi) is 3.56. The number of nitrogens with two attached hydrogens (primary N) is 2. The molecular formula is C13H16N4O2S. The first kappa shape index (κ1) is 13.3. The Labute approximate surface area is 120 Å². The van der Waals surface area contributed by atoms with Crippen LogP contribution in [0.2, 0.25) is 0 Å². The number of thiazole rings is 1. The van der Waals surface area contributed by atoms with E-state index < -0.39 is 0 Å². The van der Waals surface area contributed by atoms with E-state index in [-0.39, 0.29) is 12.0 Å². The molecule has 1 aromatic carbocycles. The smallest absolute Gasteiger partial charge is 0.254 e. The molecule has 0 bridgehead atoms. The van der Waals surface area contributed by atoms with Gasteiger partial charge in [0.15, 0.2) is 5.13 Å². The number of rotatable bonds is 2. The molecule has 1 aliphatic rings. The van der Waals surface area contributed by atoms with E-state index in [0.29, 0.717) is 36.9 Å². The van der Waals surface area contributed by atoms with Crippen LogP contribution in [0.4, 0.5) is 5.13 Å². The van der Waals surface area contributed by atoms with Crippen molar-refractivity contribution in [3.8, 4) is 0 Å². The highest BCUT2D eigenvalue weighted by Gasteiger charge is 2.24. The fourth-order valence-corrected chi connectivity index (χ4v) is 3.02. The number of benzene rings is 1. The van der Waals surface area contributed by atoms with Gasteiger partial charge < -0.3 is 21.1 Å². The molecule has 0 saturated carbocycles. The van der Waals surface area contributed by atoms with Crippen LogP contribution in [-0.4, -0.2) is 48.1 Å². The number of nitrogen functional groups attached to an aromatic ring is 1. The minimum atomic E-state index is -0.0775. The summed E-state index contributed by atoms with van der Waals surface area (Å²) < 4.78 is 6.46. The van der Waals surface area contributed by atoms with Crippen LogP contribution >= 0.6 is 11.3 Å². The fraction of sp³-hybridized carbons (Fsp3) is 0.385.